The molecule has 0 saturated heterocycles. The summed E-state index contributed by atoms with van der Waals surface area (Å²) < 4.78 is 7.94. The van der Waals surface area contributed by atoms with E-state index in [1.165, 1.54) is 0 Å². The molecule has 0 aliphatic rings. The highest BCUT2D eigenvalue weighted by molar-refractivity contribution is 9.10. The number of ether oxygens (including phenoxy) is 1. The third-order valence-corrected chi connectivity index (χ3v) is 2.95. The molecule has 0 spiro atoms. The molecular weight excluding hydrogens is 260 g/mol. The molecular formula is C9H17BrN4O. The lowest BCUT2D eigenvalue weighted by Crippen LogP contribution is -2.39. The van der Waals surface area contributed by atoms with Crippen LogP contribution in [0.3, 0.4) is 0 Å². The van der Waals surface area contributed by atoms with Crippen LogP contribution >= 0.6 is 15.9 Å². The Labute approximate surface area is 98.1 Å². The van der Waals surface area contributed by atoms with Crippen molar-refractivity contribution in [2.75, 3.05) is 6.61 Å². The maximum absolute atomic E-state index is 6.15. The number of nitrogens with zero attached hydrogens (tertiary/aromatic N) is 3. The molecule has 0 aliphatic carbocycles. The first-order valence-corrected chi connectivity index (χ1v) is 5.64. The summed E-state index contributed by atoms with van der Waals surface area (Å²) in [6, 6.07) is -0.271. The molecule has 1 aromatic rings. The largest absolute Gasteiger partial charge is 0.374 e. The summed E-state index contributed by atoms with van der Waals surface area (Å²) in [6.45, 7) is 6.50. The van der Waals surface area contributed by atoms with Gasteiger partial charge in [-0.25, -0.2) is 4.68 Å². The van der Waals surface area contributed by atoms with Gasteiger partial charge >= 0.3 is 0 Å². The van der Waals surface area contributed by atoms with E-state index in [-0.39, 0.29) is 6.04 Å². The fraction of sp³-hybridized carbons (Fsp3) is 0.778. The summed E-state index contributed by atoms with van der Waals surface area (Å²) in [5, 5.41) is 7.80. The predicted octanol–water partition coefficient (Wildman–Crippen LogP) is 1.39. The molecule has 15 heavy (non-hydrogen) atoms. The van der Waals surface area contributed by atoms with Gasteiger partial charge in [-0.15, -0.1) is 5.10 Å². The van der Waals surface area contributed by atoms with E-state index in [1.54, 1.807) is 4.68 Å². The normalized spacial score (nSPS) is 14.3. The van der Waals surface area contributed by atoms with Crippen LogP contribution in [0.5, 0.6) is 0 Å². The molecule has 1 atom stereocenters. The Hall–Kier alpha value is -0.460. The minimum absolute atomic E-state index is 0.271. The van der Waals surface area contributed by atoms with Gasteiger partial charge in [0.25, 0.3) is 0 Å². The van der Waals surface area contributed by atoms with Gasteiger partial charge in [0.1, 0.15) is 0 Å². The van der Waals surface area contributed by atoms with E-state index >= 15 is 0 Å². The molecule has 1 aromatic heterocycles. The molecule has 0 fully saturated rings. The third kappa shape index (κ3) is 2.56. The van der Waals surface area contributed by atoms with Crippen molar-refractivity contribution in [3.8, 4) is 0 Å². The lowest BCUT2D eigenvalue weighted by atomic mass is 9.97. The number of rotatable bonds is 4. The van der Waals surface area contributed by atoms with Crippen LogP contribution in [0, 0.1) is 0 Å². The summed E-state index contributed by atoms with van der Waals surface area (Å²) >= 11 is 3.33. The monoisotopic (exact) mass is 276 g/mol. The molecule has 1 unspecified atom stereocenters. The van der Waals surface area contributed by atoms with E-state index < -0.39 is 5.60 Å². The third-order valence-electron chi connectivity index (χ3n) is 2.39. The van der Waals surface area contributed by atoms with E-state index in [1.807, 2.05) is 27.8 Å². The van der Waals surface area contributed by atoms with Crippen LogP contribution in [0.1, 0.15) is 32.5 Å². The number of halogens is 1. The Morgan fingerprint density at radius 1 is 1.60 bits per heavy atom. The minimum atomic E-state index is -0.438. The first-order chi connectivity index (χ1) is 6.90. The van der Waals surface area contributed by atoms with Gasteiger partial charge in [0.15, 0.2) is 4.60 Å². The highest BCUT2D eigenvalue weighted by atomic mass is 79.9. The lowest BCUT2D eigenvalue weighted by Gasteiger charge is -2.31. The van der Waals surface area contributed by atoms with Gasteiger partial charge in [0.2, 0.25) is 0 Å². The van der Waals surface area contributed by atoms with Crippen LogP contribution in [0.2, 0.25) is 0 Å². The van der Waals surface area contributed by atoms with Gasteiger partial charge < -0.3 is 10.5 Å². The standard InChI is InChI=1S/C9H17BrN4O/c1-5-15-9(2,3)7(11)6-8(10)12-13-14(6)4/h7H,5,11H2,1-4H3. The van der Waals surface area contributed by atoms with Gasteiger partial charge in [-0.05, 0) is 36.7 Å². The zero-order valence-electron chi connectivity index (χ0n) is 9.49. The predicted molar refractivity (Wildman–Crippen MR) is 61.3 cm³/mol. The Morgan fingerprint density at radius 3 is 2.60 bits per heavy atom. The molecule has 0 radical (unpaired) electrons. The number of nitrogens with two attached hydrogens (primary N) is 1. The van der Waals surface area contributed by atoms with Gasteiger partial charge in [-0.3, -0.25) is 0 Å². The molecule has 5 nitrogen and oxygen atoms in total. The second kappa shape index (κ2) is 4.59. The Balaban J connectivity index is 2.98. The summed E-state index contributed by atoms with van der Waals surface area (Å²) in [7, 11) is 1.81. The van der Waals surface area contributed by atoms with Crippen molar-refractivity contribution >= 4 is 15.9 Å². The maximum Gasteiger partial charge on any atom is 0.153 e. The van der Waals surface area contributed by atoms with Gasteiger partial charge in [-0.1, -0.05) is 5.21 Å². The summed E-state index contributed by atoms with van der Waals surface area (Å²) in [5.41, 5.74) is 6.55. The molecule has 2 N–H and O–H groups in total. The fourth-order valence-corrected chi connectivity index (χ4v) is 2.03. The van der Waals surface area contributed by atoms with Crippen LogP contribution in [0.15, 0.2) is 4.60 Å². The average molecular weight is 277 g/mol. The van der Waals surface area contributed by atoms with Gasteiger partial charge in [-0.2, -0.15) is 0 Å². The lowest BCUT2D eigenvalue weighted by molar-refractivity contribution is -0.0316. The summed E-state index contributed by atoms with van der Waals surface area (Å²) in [5.74, 6) is 0. The van der Waals surface area contributed by atoms with Crippen molar-refractivity contribution in [1.82, 2.24) is 15.0 Å². The van der Waals surface area contributed by atoms with Gasteiger partial charge in [0, 0.05) is 13.7 Å². The van der Waals surface area contributed by atoms with Crippen molar-refractivity contribution in [2.24, 2.45) is 12.8 Å². The smallest absolute Gasteiger partial charge is 0.153 e. The highest BCUT2D eigenvalue weighted by Crippen LogP contribution is 2.29. The first-order valence-electron chi connectivity index (χ1n) is 4.84. The van der Waals surface area contributed by atoms with Crippen LogP contribution in [-0.4, -0.2) is 27.2 Å². The van der Waals surface area contributed by atoms with E-state index in [4.69, 9.17) is 10.5 Å². The van der Waals surface area contributed by atoms with Crippen molar-refractivity contribution in [3.05, 3.63) is 10.3 Å². The zero-order chi connectivity index (χ0) is 11.6. The first kappa shape index (κ1) is 12.6. The van der Waals surface area contributed by atoms with Crippen LogP contribution in [0.4, 0.5) is 0 Å². The molecule has 0 saturated carbocycles. The summed E-state index contributed by atoms with van der Waals surface area (Å²) in [4.78, 5) is 0. The van der Waals surface area contributed by atoms with Crippen LogP contribution in [-0.2, 0) is 11.8 Å². The van der Waals surface area contributed by atoms with E-state index in [0.29, 0.717) is 11.2 Å². The van der Waals surface area contributed by atoms with Crippen molar-refractivity contribution in [1.29, 1.82) is 0 Å². The molecule has 0 bridgehead atoms. The van der Waals surface area contributed by atoms with Gasteiger partial charge in [0.05, 0.1) is 17.3 Å². The minimum Gasteiger partial charge on any atom is -0.374 e. The van der Waals surface area contributed by atoms with Crippen molar-refractivity contribution in [3.63, 3.8) is 0 Å². The van der Waals surface area contributed by atoms with Crippen molar-refractivity contribution < 1.29 is 4.74 Å². The summed E-state index contributed by atoms with van der Waals surface area (Å²) in [6.07, 6.45) is 0. The number of hydrogen-bond donors (Lipinski definition) is 1. The van der Waals surface area contributed by atoms with E-state index in [9.17, 15) is 0 Å². The molecule has 86 valence electrons. The second-order valence-corrected chi connectivity index (χ2v) is 4.65. The highest BCUT2D eigenvalue weighted by Gasteiger charge is 2.32. The topological polar surface area (TPSA) is 66.0 Å². The maximum atomic E-state index is 6.15. The number of aromatic nitrogens is 3. The fourth-order valence-electron chi connectivity index (χ4n) is 1.46. The Kier molecular flexibility index (Phi) is 3.86. The molecule has 0 aliphatic heterocycles. The zero-order valence-corrected chi connectivity index (χ0v) is 11.1. The Bertz CT molecular complexity index is 317. The van der Waals surface area contributed by atoms with E-state index in [2.05, 4.69) is 26.2 Å². The number of aryl methyl sites for hydroxylation is 1. The second-order valence-electron chi connectivity index (χ2n) is 3.90. The van der Waals surface area contributed by atoms with Crippen LogP contribution < -0.4 is 5.73 Å². The Morgan fingerprint density at radius 2 is 2.20 bits per heavy atom. The van der Waals surface area contributed by atoms with E-state index in [0.717, 1.165) is 5.69 Å². The molecule has 1 heterocycles. The average Bonchev–Trinajstić information content (AvgIpc) is 2.45. The number of hydrogen-bond acceptors (Lipinski definition) is 4. The van der Waals surface area contributed by atoms with Crippen LogP contribution in [0.25, 0.3) is 0 Å². The quantitative estimate of drug-likeness (QED) is 0.903. The molecule has 0 amide bonds. The molecule has 0 aromatic carbocycles. The molecule has 6 heteroatoms. The van der Waals surface area contributed by atoms with Crippen molar-refractivity contribution in [2.45, 2.75) is 32.4 Å². The molecule has 1 rings (SSSR count). The SMILES string of the molecule is CCOC(C)(C)C(N)c1c(Br)nnn1C.